The summed E-state index contributed by atoms with van der Waals surface area (Å²) in [4.78, 5) is 14.7. The van der Waals surface area contributed by atoms with Crippen LogP contribution >= 0.6 is 0 Å². The van der Waals surface area contributed by atoms with E-state index in [4.69, 9.17) is 14.7 Å². The maximum Gasteiger partial charge on any atom is 0.321 e. The van der Waals surface area contributed by atoms with Crippen LogP contribution in [-0.4, -0.2) is 42.9 Å². The molecule has 3 saturated heterocycles. The molecule has 7 nitrogen and oxygen atoms in total. The minimum Gasteiger partial charge on any atom is -0.454 e. The summed E-state index contributed by atoms with van der Waals surface area (Å²) in [6.45, 7) is 1.52. The number of fused-ring (bicyclic) bond motifs is 3. The van der Waals surface area contributed by atoms with Crippen LogP contribution in [0.1, 0.15) is 17.0 Å². The second-order valence-electron chi connectivity index (χ2n) is 8.62. The van der Waals surface area contributed by atoms with Gasteiger partial charge in [0, 0.05) is 42.8 Å². The minimum atomic E-state index is -0.100. The van der Waals surface area contributed by atoms with Gasteiger partial charge in [0.05, 0.1) is 11.6 Å². The van der Waals surface area contributed by atoms with Crippen LogP contribution in [-0.2, 0) is 0 Å². The molecule has 3 aromatic rings. The third-order valence-corrected chi connectivity index (χ3v) is 6.66. The molecule has 0 aliphatic carbocycles. The van der Waals surface area contributed by atoms with Crippen molar-refractivity contribution in [2.75, 3.05) is 25.2 Å². The van der Waals surface area contributed by atoms with Crippen LogP contribution in [0.25, 0.3) is 11.1 Å². The van der Waals surface area contributed by atoms with E-state index in [2.05, 4.69) is 41.0 Å². The molecule has 3 aromatic carbocycles. The quantitative estimate of drug-likeness (QED) is 0.647. The predicted octanol–water partition coefficient (Wildman–Crippen LogP) is 3.93. The summed E-state index contributed by atoms with van der Waals surface area (Å²) in [5, 5.41) is 15.7. The zero-order chi connectivity index (χ0) is 22.4. The first kappa shape index (κ1) is 19.6. The Morgan fingerprint density at radius 3 is 2.55 bits per heavy atom. The lowest BCUT2D eigenvalue weighted by Gasteiger charge is -2.54. The number of carbonyl (C=O) groups is 1. The van der Waals surface area contributed by atoms with Gasteiger partial charge in [0.2, 0.25) is 6.79 Å². The fourth-order valence-corrected chi connectivity index (χ4v) is 5.00. The molecule has 2 N–H and O–H groups in total. The van der Waals surface area contributed by atoms with E-state index < -0.39 is 0 Å². The first-order valence-electron chi connectivity index (χ1n) is 11.0. The van der Waals surface area contributed by atoms with Crippen LogP contribution in [0.2, 0.25) is 0 Å². The highest BCUT2D eigenvalue weighted by Gasteiger charge is 2.48. The molecule has 4 heterocycles. The lowest BCUT2D eigenvalue weighted by molar-refractivity contribution is 0.0759. The zero-order valence-corrected chi connectivity index (χ0v) is 17.8. The van der Waals surface area contributed by atoms with Crippen molar-refractivity contribution in [2.24, 2.45) is 0 Å². The van der Waals surface area contributed by atoms with E-state index in [1.54, 1.807) is 6.07 Å². The molecule has 0 spiro atoms. The standard InChI is InChI=1S/C26H22N4O3/c27-12-16-2-1-3-19(10-16)17-4-6-18(7-5-17)25-21-13-30(14-22(25)29-21)26(31)28-20-8-9-23-24(11-20)33-15-32-23/h1-11,21-22,25,29H,13-15H2,(H,28,31)/t21-,22+,25?. The van der Waals surface area contributed by atoms with Gasteiger partial charge < -0.3 is 25.0 Å². The summed E-state index contributed by atoms with van der Waals surface area (Å²) in [7, 11) is 0. The van der Waals surface area contributed by atoms with Gasteiger partial charge in [-0.15, -0.1) is 0 Å². The van der Waals surface area contributed by atoms with Gasteiger partial charge in [0.1, 0.15) is 0 Å². The van der Waals surface area contributed by atoms with Crippen molar-refractivity contribution < 1.29 is 14.3 Å². The number of nitrogens with one attached hydrogen (secondary N) is 2. The van der Waals surface area contributed by atoms with E-state index in [0.29, 0.717) is 41.8 Å². The van der Waals surface area contributed by atoms with Crippen molar-refractivity contribution in [3.8, 4) is 28.7 Å². The molecule has 3 fully saturated rings. The monoisotopic (exact) mass is 438 g/mol. The van der Waals surface area contributed by atoms with E-state index in [-0.39, 0.29) is 24.9 Å². The normalized spacial score (nSPS) is 22.3. The molecule has 4 aliphatic heterocycles. The molecular formula is C26H22N4O3. The molecule has 4 aliphatic rings. The lowest BCUT2D eigenvalue weighted by Crippen LogP contribution is -2.72. The molecule has 0 saturated carbocycles. The summed E-state index contributed by atoms with van der Waals surface area (Å²) in [5.41, 5.74) is 4.77. The Balaban J connectivity index is 1.11. The Morgan fingerprint density at radius 1 is 0.970 bits per heavy atom. The van der Waals surface area contributed by atoms with Crippen molar-refractivity contribution in [1.82, 2.24) is 10.2 Å². The van der Waals surface area contributed by atoms with Crippen LogP contribution in [0.15, 0.2) is 66.7 Å². The van der Waals surface area contributed by atoms with Gasteiger partial charge in [-0.05, 0) is 41.0 Å². The topological polar surface area (TPSA) is 86.6 Å². The summed E-state index contributed by atoms with van der Waals surface area (Å²) >= 11 is 0. The number of anilines is 1. The Hall–Kier alpha value is -4.02. The number of hydrogen-bond donors (Lipinski definition) is 2. The van der Waals surface area contributed by atoms with Crippen LogP contribution < -0.4 is 20.1 Å². The number of nitrogens with zero attached hydrogens (tertiary/aromatic N) is 2. The number of carbonyl (C=O) groups excluding carboxylic acids is 1. The highest BCUT2D eigenvalue weighted by molar-refractivity contribution is 5.90. The van der Waals surface area contributed by atoms with Gasteiger partial charge in [0.15, 0.2) is 11.5 Å². The van der Waals surface area contributed by atoms with E-state index >= 15 is 0 Å². The average Bonchev–Trinajstić information content (AvgIpc) is 3.32. The van der Waals surface area contributed by atoms with E-state index in [9.17, 15) is 4.79 Å². The summed E-state index contributed by atoms with van der Waals surface area (Å²) in [6, 6.07) is 24.2. The molecule has 33 heavy (non-hydrogen) atoms. The largest absolute Gasteiger partial charge is 0.454 e. The van der Waals surface area contributed by atoms with Crippen molar-refractivity contribution in [2.45, 2.75) is 18.0 Å². The highest BCUT2D eigenvalue weighted by Crippen LogP contribution is 2.38. The molecule has 7 heteroatoms. The van der Waals surface area contributed by atoms with Crippen LogP contribution in [0.4, 0.5) is 10.5 Å². The number of nitriles is 1. The first-order chi connectivity index (χ1) is 16.2. The van der Waals surface area contributed by atoms with Crippen molar-refractivity contribution in [1.29, 1.82) is 5.26 Å². The summed E-state index contributed by atoms with van der Waals surface area (Å²) in [6.07, 6.45) is 0. The first-order valence-corrected chi connectivity index (χ1v) is 11.0. The van der Waals surface area contributed by atoms with Crippen LogP contribution in [0, 0.1) is 11.3 Å². The number of hydrogen-bond acceptors (Lipinski definition) is 5. The maximum atomic E-state index is 12.8. The maximum absolute atomic E-state index is 12.8. The second-order valence-corrected chi connectivity index (χ2v) is 8.62. The molecular weight excluding hydrogens is 416 g/mol. The smallest absolute Gasteiger partial charge is 0.321 e. The summed E-state index contributed by atoms with van der Waals surface area (Å²) < 4.78 is 10.7. The number of amides is 2. The van der Waals surface area contributed by atoms with Gasteiger partial charge in [-0.3, -0.25) is 0 Å². The molecule has 7 rings (SSSR count). The average molecular weight is 438 g/mol. The second kappa shape index (κ2) is 7.84. The number of ether oxygens (including phenoxy) is 2. The molecule has 164 valence electrons. The Bertz CT molecular complexity index is 1260. The third kappa shape index (κ3) is 3.55. The number of rotatable bonds is 3. The van der Waals surface area contributed by atoms with E-state index in [1.165, 1.54) is 5.56 Å². The lowest BCUT2D eigenvalue weighted by atomic mass is 9.74. The number of piperidine rings is 1. The summed E-state index contributed by atoms with van der Waals surface area (Å²) in [5.74, 6) is 1.74. The molecule has 0 radical (unpaired) electrons. The minimum absolute atomic E-state index is 0.100. The van der Waals surface area contributed by atoms with Crippen molar-refractivity contribution in [3.05, 3.63) is 77.9 Å². The van der Waals surface area contributed by atoms with Gasteiger partial charge >= 0.3 is 6.03 Å². The van der Waals surface area contributed by atoms with Crippen molar-refractivity contribution >= 4 is 11.7 Å². The Morgan fingerprint density at radius 2 is 1.76 bits per heavy atom. The number of piperazine rings is 1. The molecule has 0 aromatic heterocycles. The van der Waals surface area contributed by atoms with Gasteiger partial charge in [-0.2, -0.15) is 5.26 Å². The molecule has 2 bridgehead atoms. The van der Waals surface area contributed by atoms with Crippen molar-refractivity contribution in [3.63, 3.8) is 0 Å². The fourth-order valence-electron chi connectivity index (χ4n) is 5.00. The third-order valence-electron chi connectivity index (χ3n) is 6.66. The van der Waals surface area contributed by atoms with Crippen LogP contribution in [0.3, 0.4) is 0 Å². The van der Waals surface area contributed by atoms with E-state index in [1.807, 2.05) is 41.3 Å². The zero-order valence-electron chi connectivity index (χ0n) is 17.8. The number of benzene rings is 3. The SMILES string of the molecule is N#Cc1cccc(-c2ccc(C3[C@@H]4CN(C(=O)Nc5ccc6c(c5)OCO6)C[C@H]3N4)cc2)c1. The highest BCUT2D eigenvalue weighted by atomic mass is 16.7. The number of urea groups is 1. The molecule has 3 atom stereocenters. The molecule has 1 unspecified atom stereocenters. The molecule has 2 amide bonds. The predicted molar refractivity (Wildman–Crippen MR) is 123 cm³/mol. The van der Waals surface area contributed by atoms with Crippen LogP contribution in [0.5, 0.6) is 11.5 Å². The van der Waals surface area contributed by atoms with Gasteiger partial charge in [0.25, 0.3) is 0 Å². The van der Waals surface area contributed by atoms with E-state index in [0.717, 1.165) is 11.1 Å². The Labute approximate surface area is 191 Å². The fraction of sp³-hybridized carbons (Fsp3) is 0.231. The van der Waals surface area contributed by atoms with Gasteiger partial charge in [-0.1, -0.05) is 36.4 Å². The van der Waals surface area contributed by atoms with Gasteiger partial charge in [-0.25, -0.2) is 4.79 Å². The Kier molecular flexibility index (Phi) is 4.67.